The molecule has 0 aromatic heterocycles. The van der Waals surface area contributed by atoms with E-state index in [-0.39, 0.29) is 11.9 Å². The van der Waals surface area contributed by atoms with Gasteiger partial charge in [-0.25, -0.2) is 4.39 Å². The minimum atomic E-state index is -0.316. The Morgan fingerprint density at radius 1 is 1.03 bits per heavy atom. The van der Waals surface area contributed by atoms with Gasteiger partial charge in [0, 0.05) is 25.2 Å². The van der Waals surface area contributed by atoms with E-state index in [2.05, 4.69) is 15.6 Å². The zero-order valence-electron chi connectivity index (χ0n) is 18.8. The third-order valence-electron chi connectivity index (χ3n) is 4.75. The van der Waals surface area contributed by atoms with E-state index in [4.69, 9.17) is 18.9 Å². The zero-order valence-corrected chi connectivity index (χ0v) is 18.8. The first-order chi connectivity index (χ1) is 15.1. The number of hydrogen-bond acceptors (Lipinski definition) is 5. The lowest BCUT2D eigenvalue weighted by Gasteiger charge is -2.20. The molecule has 0 saturated heterocycles. The predicted molar refractivity (Wildman–Crippen MR) is 120 cm³/mol. The number of halogens is 1. The van der Waals surface area contributed by atoms with Crippen molar-refractivity contribution in [2.75, 3.05) is 41.5 Å². The van der Waals surface area contributed by atoms with Gasteiger partial charge >= 0.3 is 0 Å². The maximum absolute atomic E-state index is 13.4. The van der Waals surface area contributed by atoms with Gasteiger partial charge in [-0.2, -0.15) is 0 Å². The van der Waals surface area contributed by atoms with Crippen molar-refractivity contribution < 1.29 is 23.3 Å². The first-order valence-electron chi connectivity index (χ1n) is 10.2. The van der Waals surface area contributed by atoms with E-state index in [0.717, 1.165) is 12.0 Å². The average Bonchev–Trinajstić information content (AvgIpc) is 2.79. The molecule has 0 spiro atoms. The van der Waals surface area contributed by atoms with Crippen molar-refractivity contribution in [3.8, 4) is 23.0 Å². The van der Waals surface area contributed by atoms with E-state index in [1.807, 2.05) is 19.1 Å². The lowest BCUT2D eigenvalue weighted by atomic mass is 10.1. The second-order valence-corrected chi connectivity index (χ2v) is 6.73. The van der Waals surface area contributed by atoms with Crippen molar-refractivity contribution >= 4 is 5.96 Å². The molecule has 1 atom stereocenters. The summed E-state index contributed by atoms with van der Waals surface area (Å²) in [6.07, 6.45) is 1.34. The summed E-state index contributed by atoms with van der Waals surface area (Å²) in [5, 5.41) is 6.54. The molecular formula is C23H32FN3O4. The summed E-state index contributed by atoms with van der Waals surface area (Å²) in [7, 11) is 6.50. The predicted octanol–water partition coefficient (Wildman–Crippen LogP) is 3.42. The third-order valence-corrected chi connectivity index (χ3v) is 4.75. The van der Waals surface area contributed by atoms with Crippen molar-refractivity contribution in [1.29, 1.82) is 0 Å². The Morgan fingerprint density at radius 2 is 1.81 bits per heavy atom. The van der Waals surface area contributed by atoms with E-state index < -0.39 is 0 Å². The number of rotatable bonds is 11. The maximum Gasteiger partial charge on any atom is 0.203 e. The van der Waals surface area contributed by atoms with Crippen LogP contribution in [-0.4, -0.2) is 53.5 Å². The van der Waals surface area contributed by atoms with Crippen molar-refractivity contribution in [3.05, 3.63) is 47.8 Å². The summed E-state index contributed by atoms with van der Waals surface area (Å²) in [6.45, 7) is 3.19. The molecule has 2 rings (SSSR count). The molecule has 0 aliphatic heterocycles. The third kappa shape index (κ3) is 6.94. The van der Waals surface area contributed by atoms with Crippen LogP contribution in [0.25, 0.3) is 0 Å². The number of nitrogens with zero attached hydrogens (tertiary/aromatic N) is 1. The van der Waals surface area contributed by atoms with Crippen LogP contribution < -0.4 is 29.6 Å². The fourth-order valence-corrected chi connectivity index (χ4v) is 3.11. The molecule has 8 heteroatoms. The van der Waals surface area contributed by atoms with E-state index in [1.54, 1.807) is 40.5 Å². The number of nitrogens with one attached hydrogen (secondary N) is 2. The monoisotopic (exact) mass is 433 g/mol. The molecule has 7 nitrogen and oxygen atoms in total. The van der Waals surface area contributed by atoms with Crippen LogP contribution in [0.1, 0.15) is 18.9 Å². The molecule has 0 bridgehead atoms. The van der Waals surface area contributed by atoms with Crippen LogP contribution >= 0.6 is 0 Å². The topological polar surface area (TPSA) is 73.3 Å². The largest absolute Gasteiger partial charge is 0.493 e. The Kier molecular flexibility index (Phi) is 9.74. The molecule has 0 aliphatic carbocycles. The van der Waals surface area contributed by atoms with Gasteiger partial charge in [-0.1, -0.05) is 19.1 Å². The SMILES string of the molecule is CCC(CNC(=NC)NCCc1ccc(OC)c(OC)c1OC)Oc1cccc(F)c1. The number of hydrogen-bond donors (Lipinski definition) is 2. The number of benzene rings is 2. The van der Waals surface area contributed by atoms with Crippen LogP contribution in [0.4, 0.5) is 4.39 Å². The molecule has 170 valence electrons. The molecule has 2 N–H and O–H groups in total. The maximum atomic E-state index is 13.4. The fraction of sp³-hybridized carbons (Fsp3) is 0.435. The van der Waals surface area contributed by atoms with E-state index in [9.17, 15) is 4.39 Å². The normalized spacial score (nSPS) is 12.1. The van der Waals surface area contributed by atoms with Crippen molar-refractivity contribution in [2.24, 2.45) is 4.99 Å². The van der Waals surface area contributed by atoms with Gasteiger partial charge < -0.3 is 29.6 Å². The van der Waals surface area contributed by atoms with Gasteiger partial charge in [0.15, 0.2) is 17.5 Å². The molecular weight excluding hydrogens is 401 g/mol. The highest BCUT2D eigenvalue weighted by Crippen LogP contribution is 2.39. The molecule has 2 aromatic rings. The number of guanidine groups is 1. The van der Waals surface area contributed by atoms with E-state index in [1.165, 1.54) is 12.1 Å². The summed E-state index contributed by atoms with van der Waals surface area (Å²) < 4.78 is 35.5. The van der Waals surface area contributed by atoms with E-state index >= 15 is 0 Å². The second-order valence-electron chi connectivity index (χ2n) is 6.73. The summed E-state index contributed by atoms with van der Waals surface area (Å²) in [4.78, 5) is 4.25. The van der Waals surface area contributed by atoms with Crippen LogP contribution in [0.3, 0.4) is 0 Å². The Morgan fingerprint density at radius 3 is 2.42 bits per heavy atom. The lowest BCUT2D eigenvalue weighted by molar-refractivity contribution is 0.199. The summed E-state index contributed by atoms with van der Waals surface area (Å²) >= 11 is 0. The van der Waals surface area contributed by atoms with E-state index in [0.29, 0.717) is 48.5 Å². The number of ether oxygens (including phenoxy) is 4. The zero-order chi connectivity index (χ0) is 22.6. The molecule has 0 radical (unpaired) electrons. The lowest BCUT2D eigenvalue weighted by Crippen LogP contribution is -2.43. The number of methoxy groups -OCH3 is 3. The highest BCUT2D eigenvalue weighted by Gasteiger charge is 2.16. The standard InChI is InChI=1S/C23H32FN3O4/c1-6-18(31-19-9-7-8-17(24)14-19)15-27-23(25-2)26-13-12-16-10-11-20(28-3)22(30-5)21(16)29-4/h7-11,14,18H,6,12-13,15H2,1-5H3,(H2,25,26,27). The molecule has 0 amide bonds. The summed E-state index contributed by atoms with van der Waals surface area (Å²) in [5.41, 5.74) is 0.990. The van der Waals surface area contributed by atoms with Gasteiger partial charge in [-0.15, -0.1) is 0 Å². The molecule has 2 aromatic carbocycles. The first-order valence-corrected chi connectivity index (χ1v) is 10.2. The van der Waals surface area contributed by atoms with Gasteiger partial charge in [0.05, 0.1) is 27.9 Å². The van der Waals surface area contributed by atoms with Crippen molar-refractivity contribution in [1.82, 2.24) is 10.6 Å². The van der Waals surface area contributed by atoms with Crippen LogP contribution in [0, 0.1) is 5.82 Å². The van der Waals surface area contributed by atoms with Gasteiger partial charge in [0.25, 0.3) is 0 Å². The second kappa shape index (κ2) is 12.5. The summed E-state index contributed by atoms with van der Waals surface area (Å²) in [5.74, 6) is 2.70. The average molecular weight is 434 g/mol. The van der Waals surface area contributed by atoms with Crippen molar-refractivity contribution in [2.45, 2.75) is 25.9 Å². The van der Waals surface area contributed by atoms with Gasteiger partial charge in [-0.05, 0) is 31.0 Å². The molecule has 1 unspecified atom stereocenters. The number of aliphatic imine (C=N–C) groups is 1. The molecule has 0 saturated carbocycles. The molecule has 0 heterocycles. The molecule has 0 fully saturated rings. The van der Waals surface area contributed by atoms with Crippen LogP contribution in [0.5, 0.6) is 23.0 Å². The fourth-order valence-electron chi connectivity index (χ4n) is 3.11. The van der Waals surface area contributed by atoms with Crippen LogP contribution in [0.15, 0.2) is 41.4 Å². The Balaban J connectivity index is 1.89. The van der Waals surface area contributed by atoms with Crippen molar-refractivity contribution in [3.63, 3.8) is 0 Å². The summed E-state index contributed by atoms with van der Waals surface area (Å²) in [6, 6.07) is 9.97. The quantitative estimate of drug-likeness (QED) is 0.418. The minimum Gasteiger partial charge on any atom is -0.493 e. The Labute approximate surface area is 183 Å². The Bertz CT molecular complexity index is 861. The first kappa shape index (κ1) is 24.1. The highest BCUT2D eigenvalue weighted by atomic mass is 19.1. The van der Waals surface area contributed by atoms with Gasteiger partial charge in [-0.3, -0.25) is 4.99 Å². The van der Waals surface area contributed by atoms with Crippen LogP contribution in [0.2, 0.25) is 0 Å². The highest BCUT2D eigenvalue weighted by molar-refractivity contribution is 5.79. The smallest absolute Gasteiger partial charge is 0.203 e. The Hall–Kier alpha value is -3.16. The molecule has 0 aliphatic rings. The van der Waals surface area contributed by atoms with Gasteiger partial charge in [0.2, 0.25) is 5.75 Å². The molecule has 31 heavy (non-hydrogen) atoms. The van der Waals surface area contributed by atoms with Gasteiger partial charge in [0.1, 0.15) is 17.7 Å². The minimum absolute atomic E-state index is 0.119. The van der Waals surface area contributed by atoms with Crippen LogP contribution in [-0.2, 0) is 6.42 Å².